The Bertz CT molecular complexity index is 423. The third kappa shape index (κ3) is 16.5. The van der Waals surface area contributed by atoms with E-state index in [0.717, 1.165) is 18.5 Å². The van der Waals surface area contributed by atoms with Crippen LogP contribution in [0.2, 0.25) is 0 Å². The minimum atomic E-state index is -2.60. The van der Waals surface area contributed by atoms with Crippen LogP contribution in [0.25, 0.3) is 0 Å². The number of hydrogen-bond acceptors (Lipinski definition) is 2. The molecule has 0 aliphatic rings. The van der Waals surface area contributed by atoms with Crippen LogP contribution in [0.4, 0.5) is 0 Å². The van der Waals surface area contributed by atoms with Crippen molar-refractivity contribution in [3.8, 4) is 0 Å². The van der Waals surface area contributed by atoms with Gasteiger partial charge in [0, 0.05) is 0 Å². The van der Waals surface area contributed by atoms with Crippen LogP contribution in [-0.2, 0) is 9.53 Å². The molecule has 0 radical (unpaired) electrons. The number of carbonyl (C=O) groups excluding carboxylic acids is 1. The predicted molar refractivity (Wildman–Crippen MR) is 149 cm³/mol. The topological polar surface area (TPSA) is 26.3 Å². The summed E-state index contributed by atoms with van der Waals surface area (Å²) in [5, 5.41) is 0. The summed E-state index contributed by atoms with van der Waals surface area (Å²) in [6, 6.07) is 0. The van der Waals surface area contributed by atoms with Gasteiger partial charge in [0.15, 0.2) is 0 Å². The Kier molecular flexibility index (Phi) is 20.3. The molecule has 0 atom stereocenters. The molecule has 0 aromatic rings. The predicted octanol–water partition coefficient (Wildman–Crippen LogP) is 10.5. The van der Waals surface area contributed by atoms with Crippen molar-refractivity contribution < 1.29 is 9.53 Å². The molecule has 0 unspecified atom stereocenters. The van der Waals surface area contributed by atoms with Crippen LogP contribution in [0.1, 0.15) is 136 Å². The van der Waals surface area contributed by atoms with Crippen LogP contribution in [-0.4, -0.2) is 30.8 Å². The van der Waals surface area contributed by atoms with E-state index >= 15 is 0 Å². The Morgan fingerprint density at radius 2 is 0.969 bits per heavy atom. The molecule has 0 amide bonds. The second-order valence-corrected chi connectivity index (χ2v) is 18.2. The first-order valence-electron chi connectivity index (χ1n) is 13.9. The SMILES string of the molecule is C=CC(=O)OCP(Cl)(CCCCCCCC)(CCCCCCCC)CCCCCCCC. The van der Waals surface area contributed by atoms with Crippen molar-refractivity contribution in [2.45, 2.75) is 136 Å². The van der Waals surface area contributed by atoms with E-state index < -0.39 is 5.96 Å². The van der Waals surface area contributed by atoms with E-state index in [1.807, 2.05) is 0 Å². The quantitative estimate of drug-likeness (QED) is 0.0581. The number of unbranched alkanes of at least 4 members (excludes halogenated alkanes) is 15. The first-order chi connectivity index (χ1) is 15.4. The molecule has 0 aliphatic heterocycles. The van der Waals surface area contributed by atoms with Gasteiger partial charge in [-0.2, -0.15) is 0 Å². The molecule has 4 heteroatoms. The number of rotatable bonds is 24. The Hall–Kier alpha value is -0.0700. The van der Waals surface area contributed by atoms with Crippen molar-refractivity contribution in [2.24, 2.45) is 0 Å². The molecule has 0 spiro atoms. The molecule has 0 aliphatic carbocycles. The fourth-order valence-corrected chi connectivity index (χ4v) is 10.4. The van der Waals surface area contributed by atoms with Gasteiger partial charge in [0.1, 0.15) is 0 Å². The van der Waals surface area contributed by atoms with Gasteiger partial charge in [-0.3, -0.25) is 0 Å². The summed E-state index contributed by atoms with van der Waals surface area (Å²) in [5.74, 6) is -2.91. The minimum absolute atomic E-state index is 0.312. The van der Waals surface area contributed by atoms with Crippen molar-refractivity contribution in [2.75, 3.05) is 24.8 Å². The maximum atomic E-state index is 12.0. The average molecular weight is 491 g/mol. The van der Waals surface area contributed by atoms with E-state index in [0.29, 0.717) is 6.35 Å². The van der Waals surface area contributed by atoms with E-state index in [-0.39, 0.29) is 5.97 Å². The van der Waals surface area contributed by atoms with Crippen LogP contribution in [0.15, 0.2) is 12.7 Å². The first-order valence-corrected chi connectivity index (χ1v) is 17.8. The monoisotopic (exact) mass is 490 g/mol. The van der Waals surface area contributed by atoms with Crippen LogP contribution < -0.4 is 0 Å². The normalized spacial score (nSPS) is 12.9. The number of hydrogen-bond donors (Lipinski definition) is 0. The van der Waals surface area contributed by atoms with Gasteiger partial charge in [-0.25, -0.2) is 0 Å². The third-order valence-corrected chi connectivity index (χ3v) is 13.8. The second-order valence-electron chi connectivity index (χ2n) is 10.1. The van der Waals surface area contributed by atoms with E-state index in [4.69, 9.17) is 16.0 Å². The summed E-state index contributed by atoms with van der Waals surface area (Å²) in [4.78, 5) is 12.0. The molecule has 0 saturated carbocycles. The summed E-state index contributed by atoms with van der Waals surface area (Å²) in [5.41, 5.74) is 0. The molecule has 0 aromatic heterocycles. The molecule has 0 bridgehead atoms. The molecule has 32 heavy (non-hydrogen) atoms. The number of esters is 1. The van der Waals surface area contributed by atoms with Crippen molar-refractivity contribution in [1.82, 2.24) is 0 Å². The van der Waals surface area contributed by atoms with Gasteiger partial charge in [-0.1, -0.05) is 0 Å². The van der Waals surface area contributed by atoms with Gasteiger partial charge >= 0.3 is 207 Å². The zero-order valence-electron chi connectivity index (χ0n) is 22.0. The van der Waals surface area contributed by atoms with Gasteiger partial charge in [-0.05, 0) is 0 Å². The third-order valence-electron chi connectivity index (χ3n) is 6.91. The van der Waals surface area contributed by atoms with Gasteiger partial charge < -0.3 is 0 Å². The Balaban J connectivity index is 5.07. The van der Waals surface area contributed by atoms with E-state index in [2.05, 4.69) is 27.4 Å². The zero-order valence-corrected chi connectivity index (χ0v) is 23.6. The van der Waals surface area contributed by atoms with Crippen LogP contribution in [0, 0.1) is 0 Å². The number of carbonyl (C=O) groups is 1. The summed E-state index contributed by atoms with van der Waals surface area (Å²) in [6.07, 6.45) is 28.0. The van der Waals surface area contributed by atoms with Crippen molar-refractivity contribution in [1.29, 1.82) is 0 Å². The van der Waals surface area contributed by atoms with Gasteiger partial charge in [0.2, 0.25) is 0 Å². The molecule has 192 valence electrons. The number of ether oxygens (including phenoxy) is 1. The molecule has 0 aromatic carbocycles. The second kappa shape index (κ2) is 20.3. The molecular weight excluding hydrogens is 435 g/mol. The summed E-state index contributed by atoms with van der Waals surface area (Å²) in [6.45, 7) is 10.4. The Labute approximate surface area is 206 Å². The summed E-state index contributed by atoms with van der Waals surface area (Å²) >= 11 is 7.74. The van der Waals surface area contributed by atoms with Gasteiger partial charge in [-0.15, -0.1) is 0 Å². The molecule has 0 rings (SSSR count). The van der Waals surface area contributed by atoms with Crippen LogP contribution in [0.5, 0.6) is 0 Å². The van der Waals surface area contributed by atoms with E-state index in [1.54, 1.807) is 0 Å². The molecular formula is C28H56ClO2P. The Morgan fingerprint density at radius 3 is 1.28 bits per heavy atom. The zero-order chi connectivity index (χ0) is 24.0. The first kappa shape index (κ1) is 31.9. The van der Waals surface area contributed by atoms with Crippen LogP contribution in [0.3, 0.4) is 0 Å². The maximum absolute atomic E-state index is 12.0. The number of halogens is 1. The van der Waals surface area contributed by atoms with Crippen LogP contribution >= 0.6 is 17.2 Å². The standard InChI is InChI=1S/C28H56ClO2P/c1-5-9-12-15-18-21-24-32(29,27-31-28(30)8-4,25-22-19-16-13-10-6-2)26-23-20-17-14-11-7-3/h8H,4-7,9-27H2,1-3H3. The molecule has 0 saturated heterocycles. The fourth-order valence-electron chi connectivity index (χ4n) is 4.67. The van der Waals surface area contributed by atoms with Crippen molar-refractivity contribution in [3.63, 3.8) is 0 Å². The van der Waals surface area contributed by atoms with Gasteiger partial charge in [0.25, 0.3) is 0 Å². The molecule has 0 N–H and O–H groups in total. The Morgan fingerprint density at radius 1 is 0.656 bits per heavy atom. The molecule has 0 heterocycles. The molecule has 0 fully saturated rings. The van der Waals surface area contributed by atoms with Crippen molar-refractivity contribution in [3.05, 3.63) is 12.7 Å². The fraction of sp³-hybridized carbons (Fsp3) is 0.893. The van der Waals surface area contributed by atoms with E-state index in [1.165, 1.54) is 122 Å². The van der Waals surface area contributed by atoms with Gasteiger partial charge in [0.05, 0.1) is 0 Å². The van der Waals surface area contributed by atoms with Crippen molar-refractivity contribution >= 4 is 23.2 Å². The summed E-state index contributed by atoms with van der Waals surface area (Å²) < 4.78 is 5.72. The molecule has 2 nitrogen and oxygen atoms in total. The van der Waals surface area contributed by atoms with E-state index in [9.17, 15) is 4.79 Å². The average Bonchev–Trinajstić information content (AvgIpc) is 2.80. The summed E-state index contributed by atoms with van der Waals surface area (Å²) in [7, 11) is 0.